The van der Waals surface area contributed by atoms with Gasteiger partial charge in [0.15, 0.2) is 0 Å². The minimum absolute atomic E-state index is 0.462. The molecule has 0 radical (unpaired) electrons. The van der Waals surface area contributed by atoms with Gasteiger partial charge in [-0.3, -0.25) is 0 Å². The van der Waals surface area contributed by atoms with Gasteiger partial charge in [-0.1, -0.05) is 23.4 Å². The summed E-state index contributed by atoms with van der Waals surface area (Å²) < 4.78 is 0. The summed E-state index contributed by atoms with van der Waals surface area (Å²) in [5.41, 5.74) is 1.66. The first-order valence-corrected chi connectivity index (χ1v) is 4.48. The van der Waals surface area contributed by atoms with Gasteiger partial charge < -0.3 is 0 Å². The molecule has 1 heterocycles. The highest BCUT2D eigenvalue weighted by Gasteiger charge is 1.96. The molecular weight excluding hydrogens is 190 g/mol. The lowest BCUT2D eigenvalue weighted by molar-refractivity contribution is 1.19. The van der Waals surface area contributed by atoms with Crippen molar-refractivity contribution >= 4 is 24.2 Å². The molecule has 0 amide bonds. The second-order valence-corrected chi connectivity index (χ2v) is 2.93. The van der Waals surface area contributed by atoms with Crippen molar-refractivity contribution in [2.75, 3.05) is 5.75 Å². The second kappa shape index (κ2) is 4.39. The summed E-state index contributed by atoms with van der Waals surface area (Å²) in [5.74, 6) is 6.22. The molecule has 62 valence electrons. The first-order valence-electron chi connectivity index (χ1n) is 3.47. The monoisotopic (exact) mass is 197 g/mol. The average molecular weight is 198 g/mol. The van der Waals surface area contributed by atoms with Crippen LogP contribution >= 0.6 is 24.2 Å². The second-order valence-electron chi connectivity index (χ2n) is 2.25. The number of aryl methyl sites for hydroxylation is 1. The summed E-state index contributed by atoms with van der Waals surface area (Å²) in [4.78, 5) is 4.06. The van der Waals surface area contributed by atoms with Crippen molar-refractivity contribution < 1.29 is 0 Å². The number of hydrogen-bond acceptors (Lipinski definition) is 2. The van der Waals surface area contributed by atoms with Gasteiger partial charge in [-0.15, -0.1) is 0 Å². The smallest absolute Gasteiger partial charge is 0.144 e. The van der Waals surface area contributed by atoms with Gasteiger partial charge in [0, 0.05) is 5.69 Å². The van der Waals surface area contributed by atoms with Gasteiger partial charge in [-0.05, 0) is 19.1 Å². The highest BCUT2D eigenvalue weighted by atomic mass is 35.5. The number of pyridine rings is 1. The SMILES string of the molecule is Cc1ccc(C#CCS)c(Cl)n1. The van der Waals surface area contributed by atoms with Gasteiger partial charge in [0.1, 0.15) is 5.15 Å². The molecule has 0 unspecified atom stereocenters. The molecule has 1 rings (SSSR count). The van der Waals surface area contributed by atoms with Crippen LogP contribution in [0.15, 0.2) is 12.1 Å². The first-order chi connectivity index (χ1) is 5.74. The van der Waals surface area contributed by atoms with Crippen LogP contribution in [0.4, 0.5) is 0 Å². The van der Waals surface area contributed by atoms with E-state index in [9.17, 15) is 0 Å². The van der Waals surface area contributed by atoms with Gasteiger partial charge in [-0.25, -0.2) is 4.98 Å². The van der Waals surface area contributed by atoms with Crippen LogP contribution in [0.25, 0.3) is 0 Å². The number of thiol groups is 1. The molecule has 12 heavy (non-hydrogen) atoms. The van der Waals surface area contributed by atoms with Gasteiger partial charge in [0.2, 0.25) is 0 Å². The molecule has 1 aromatic heterocycles. The topological polar surface area (TPSA) is 12.9 Å². The average Bonchev–Trinajstić information content (AvgIpc) is 2.03. The van der Waals surface area contributed by atoms with E-state index in [-0.39, 0.29) is 0 Å². The van der Waals surface area contributed by atoms with Crippen LogP contribution in [0.5, 0.6) is 0 Å². The van der Waals surface area contributed by atoms with Crippen LogP contribution in [-0.2, 0) is 0 Å². The fraction of sp³-hybridized carbons (Fsp3) is 0.222. The van der Waals surface area contributed by atoms with Crippen molar-refractivity contribution in [2.45, 2.75) is 6.92 Å². The molecule has 0 atom stereocenters. The predicted octanol–water partition coefficient (Wildman–Crippen LogP) is 2.32. The van der Waals surface area contributed by atoms with Gasteiger partial charge in [0.25, 0.3) is 0 Å². The number of halogens is 1. The standard InChI is InChI=1S/C9H8ClNS/c1-7-4-5-8(3-2-6-12)9(10)11-7/h4-5,12H,6H2,1H3. The largest absolute Gasteiger partial charge is 0.240 e. The quantitative estimate of drug-likeness (QED) is 0.383. The third-order valence-electron chi connectivity index (χ3n) is 1.29. The molecule has 0 saturated heterocycles. The summed E-state index contributed by atoms with van der Waals surface area (Å²) in [6, 6.07) is 3.75. The number of nitrogens with zero attached hydrogens (tertiary/aromatic N) is 1. The van der Waals surface area contributed by atoms with E-state index in [1.54, 1.807) is 0 Å². The third kappa shape index (κ3) is 2.44. The molecule has 1 nitrogen and oxygen atoms in total. The molecule has 0 aromatic carbocycles. The maximum absolute atomic E-state index is 5.83. The van der Waals surface area contributed by atoms with Gasteiger partial charge in [0.05, 0.1) is 11.3 Å². The minimum Gasteiger partial charge on any atom is -0.240 e. The molecule has 1 aromatic rings. The molecule has 0 N–H and O–H groups in total. The summed E-state index contributed by atoms with van der Waals surface area (Å²) in [7, 11) is 0. The molecule has 0 aliphatic rings. The minimum atomic E-state index is 0.462. The summed E-state index contributed by atoms with van der Waals surface area (Å²) in [6.45, 7) is 1.89. The van der Waals surface area contributed by atoms with Gasteiger partial charge >= 0.3 is 0 Å². The summed E-state index contributed by atoms with van der Waals surface area (Å²) in [6.07, 6.45) is 0. The Kier molecular flexibility index (Phi) is 3.46. The van der Waals surface area contributed by atoms with E-state index in [2.05, 4.69) is 29.5 Å². The van der Waals surface area contributed by atoms with Crippen molar-refractivity contribution in [3.63, 3.8) is 0 Å². The van der Waals surface area contributed by atoms with Crippen LogP contribution < -0.4 is 0 Å². The van der Waals surface area contributed by atoms with Crippen molar-refractivity contribution in [1.29, 1.82) is 0 Å². The fourth-order valence-corrected chi connectivity index (χ4v) is 1.08. The summed E-state index contributed by atoms with van der Waals surface area (Å²) in [5, 5.41) is 0.462. The van der Waals surface area contributed by atoms with Crippen molar-refractivity contribution in [3.8, 4) is 11.8 Å². The van der Waals surface area contributed by atoms with Crippen LogP contribution in [0.3, 0.4) is 0 Å². The molecule has 3 heteroatoms. The Hall–Kier alpha value is -0.650. The number of hydrogen-bond donors (Lipinski definition) is 1. The van der Waals surface area contributed by atoms with E-state index in [1.807, 2.05) is 19.1 Å². The summed E-state index contributed by atoms with van der Waals surface area (Å²) >= 11 is 9.79. The Morgan fingerprint density at radius 2 is 2.33 bits per heavy atom. The van der Waals surface area contributed by atoms with E-state index in [4.69, 9.17) is 11.6 Å². The molecule has 0 fully saturated rings. The van der Waals surface area contributed by atoms with E-state index in [0.29, 0.717) is 10.9 Å². The molecule has 0 spiro atoms. The van der Waals surface area contributed by atoms with E-state index >= 15 is 0 Å². The molecular formula is C9H8ClNS. The Morgan fingerprint density at radius 1 is 1.58 bits per heavy atom. The van der Waals surface area contributed by atoms with Crippen LogP contribution in [0.2, 0.25) is 5.15 Å². The first kappa shape index (κ1) is 9.44. The van der Waals surface area contributed by atoms with E-state index < -0.39 is 0 Å². The number of aromatic nitrogens is 1. The number of rotatable bonds is 0. The molecule has 0 saturated carbocycles. The lowest BCUT2D eigenvalue weighted by atomic mass is 10.2. The highest BCUT2D eigenvalue weighted by molar-refractivity contribution is 7.80. The lowest BCUT2D eigenvalue weighted by Crippen LogP contribution is -1.85. The maximum Gasteiger partial charge on any atom is 0.144 e. The molecule has 0 aliphatic carbocycles. The zero-order valence-electron chi connectivity index (χ0n) is 6.63. The zero-order chi connectivity index (χ0) is 8.97. The van der Waals surface area contributed by atoms with E-state index in [0.717, 1.165) is 11.3 Å². The van der Waals surface area contributed by atoms with E-state index in [1.165, 1.54) is 0 Å². The Morgan fingerprint density at radius 3 is 2.92 bits per heavy atom. The Bertz CT molecular complexity index is 338. The fourth-order valence-electron chi connectivity index (χ4n) is 0.753. The Balaban J connectivity index is 3.01. The van der Waals surface area contributed by atoms with Crippen molar-refractivity contribution in [2.24, 2.45) is 0 Å². The third-order valence-corrected chi connectivity index (χ3v) is 1.74. The van der Waals surface area contributed by atoms with Crippen molar-refractivity contribution in [1.82, 2.24) is 4.98 Å². The maximum atomic E-state index is 5.83. The normalized spacial score (nSPS) is 8.92. The zero-order valence-corrected chi connectivity index (χ0v) is 8.28. The molecule has 0 bridgehead atoms. The predicted molar refractivity (Wildman–Crippen MR) is 54.7 cm³/mol. The van der Waals surface area contributed by atoms with Crippen LogP contribution in [0.1, 0.15) is 11.3 Å². The van der Waals surface area contributed by atoms with Crippen LogP contribution in [-0.4, -0.2) is 10.7 Å². The van der Waals surface area contributed by atoms with Crippen molar-refractivity contribution in [3.05, 3.63) is 28.5 Å². The van der Waals surface area contributed by atoms with Gasteiger partial charge in [-0.2, -0.15) is 12.6 Å². The lowest BCUT2D eigenvalue weighted by Gasteiger charge is -1.95. The Labute approximate surface area is 82.6 Å². The van der Waals surface area contributed by atoms with Crippen LogP contribution in [0, 0.1) is 18.8 Å². The highest BCUT2D eigenvalue weighted by Crippen LogP contribution is 2.11. The molecule has 0 aliphatic heterocycles.